The van der Waals surface area contributed by atoms with E-state index in [1.165, 1.54) is 22.5 Å². The molecule has 0 fully saturated rings. The van der Waals surface area contributed by atoms with E-state index in [2.05, 4.69) is 56.3 Å². The number of aryl methyl sites for hydroxylation is 2. The molecule has 1 aromatic heterocycles. The highest BCUT2D eigenvalue weighted by molar-refractivity contribution is 5.24. The molecule has 0 aliphatic heterocycles. The minimum absolute atomic E-state index is 0.709. The molecule has 0 aromatic carbocycles. The standard InChI is InChI=1S/C16H29N3/c1-12(2)8-10-19-15(6)16(14(5)18-19)7-9-17-11-13(3)4/h13,17H,1,7-11H2,2-6H3. The van der Waals surface area contributed by atoms with Gasteiger partial charge in [0, 0.05) is 12.2 Å². The summed E-state index contributed by atoms with van der Waals surface area (Å²) >= 11 is 0. The molecule has 0 saturated heterocycles. The Morgan fingerprint density at radius 1 is 1.37 bits per heavy atom. The van der Waals surface area contributed by atoms with Gasteiger partial charge in [-0.3, -0.25) is 4.68 Å². The van der Waals surface area contributed by atoms with Crippen LogP contribution in [0.4, 0.5) is 0 Å². The van der Waals surface area contributed by atoms with Crippen molar-refractivity contribution in [3.8, 4) is 0 Å². The average Bonchev–Trinajstić information content (AvgIpc) is 2.58. The van der Waals surface area contributed by atoms with Crippen molar-refractivity contribution < 1.29 is 0 Å². The molecule has 0 radical (unpaired) electrons. The molecule has 1 N–H and O–H groups in total. The second-order valence-electron chi connectivity index (χ2n) is 5.93. The molecule has 1 rings (SSSR count). The summed E-state index contributed by atoms with van der Waals surface area (Å²) in [7, 11) is 0. The largest absolute Gasteiger partial charge is 0.316 e. The van der Waals surface area contributed by atoms with E-state index < -0.39 is 0 Å². The van der Waals surface area contributed by atoms with Gasteiger partial charge in [0.25, 0.3) is 0 Å². The van der Waals surface area contributed by atoms with Crippen molar-refractivity contribution in [2.45, 2.75) is 54.0 Å². The van der Waals surface area contributed by atoms with Gasteiger partial charge in [0.15, 0.2) is 0 Å². The Bertz CT molecular complexity index is 416. The molecule has 3 nitrogen and oxygen atoms in total. The zero-order valence-electron chi connectivity index (χ0n) is 13.2. The lowest BCUT2D eigenvalue weighted by atomic mass is 10.1. The predicted octanol–water partition coefficient (Wildman–Crippen LogP) is 3.25. The van der Waals surface area contributed by atoms with E-state index >= 15 is 0 Å². The molecule has 0 saturated carbocycles. The molecule has 0 spiro atoms. The van der Waals surface area contributed by atoms with E-state index in [0.717, 1.165) is 32.5 Å². The molecule has 0 amide bonds. The van der Waals surface area contributed by atoms with Crippen molar-refractivity contribution in [3.05, 3.63) is 29.1 Å². The summed E-state index contributed by atoms with van der Waals surface area (Å²) in [4.78, 5) is 0. The first kappa shape index (κ1) is 16.0. The molecule has 0 atom stereocenters. The topological polar surface area (TPSA) is 29.9 Å². The Balaban J connectivity index is 2.56. The number of nitrogens with zero attached hydrogens (tertiary/aromatic N) is 2. The van der Waals surface area contributed by atoms with E-state index in [-0.39, 0.29) is 0 Å². The van der Waals surface area contributed by atoms with E-state index in [1.807, 2.05) is 0 Å². The fourth-order valence-corrected chi connectivity index (χ4v) is 2.21. The molecule has 1 heterocycles. The summed E-state index contributed by atoms with van der Waals surface area (Å²) < 4.78 is 2.13. The van der Waals surface area contributed by atoms with Crippen molar-refractivity contribution >= 4 is 0 Å². The molecule has 19 heavy (non-hydrogen) atoms. The molecule has 0 aliphatic rings. The SMILES string of the molecule is C=C(C)CCn1nc(C)c(CCNCC(C)C)c1C. The van der Waals surface area contributed by atoms with E-state index in [9.17, 15) is 0 Å². The van der Waals surface area contributed by atoms with Crippen LogP contribution >= 0.6 is 0 Å². The van der Waals surface area contributed by atoms with Gasteiger partial charge < -0.3 is 5.32 Å². The number of hydrogen-bond acceptors (Lipinski definition) is 2. The number of allylic oxidation sites excluding steroid dienone is 1. The van der Waals surface area contributed by atoms with Gasteiger partial charge in [-0.15, -0.1) is 6.58 Å². The van der Waals surface area contributed by atoms with Gasteiger partial charge in [0.2, 0.25) is 0 Å². The zero-order valence-corrected chi connectivity index (χ0v) is 13.2. The van der Waals surface area contributed by atoms with Crippen molar-refractivity contribution in [1.82, 2.24) is 15.1 Å². The molecular formula is C16H29N3. The van der Waals surface area contributed by atoms with Crippen LogP contribution in [-0.4, -0.2) is 22.9 Å². The fourth-order valence-electron chi connectivity index (χ4n) is 2.21. The van der Waals surface area contributed by atoms with E-state index in [1.54, 1.807) is 0 Å². The minimum atomic E-state index is 0.709. The minimum Gasteiger partial charge on any atom is -0.316 e. The van der Waals surface area contributed by atoms with Crippen molar-refractivity contribution in [2.75, 3.05) is 13.1 Å². The molecular weight excluding hydrogens is 234 g/mol. The average molecular weight is 263 g/mol. The van der Waals surface area contributed by atoms with Crippen LogP contribution in [0.15, 0.2) is 12.2 Å². The maximum absolute atomic E-state index is 4.64. The lowest BCUT2D eigenvalue weighted by molar-refractivity contribution is 0.553. The van der Waals surface area contributed by atoms with Crippen LogP contribution < -0.4 is 5.32 Å². The first-order valence-electron chi connectivity index (χ1n) is 7.29. The van der Waals surface area contributed by atoms with Crippen molar-refractivity contribution in [1.29, 1.82) is 0 Å². The summed E-state index contributed by atoms with van der Waals surface area (Å²) in [5.74, 6) is 0.709. The normalized spacial score (nSPS) is 11.3. The summed E-state index contributed by atoms with van der Waals surface area (Å²) in [6.45, 7) is 17.9. The Hall–Kier alpha value is -1.09. The number of hydrogen-bond donors (Lipinski definition) is 1. The second-order valence-corrected chi connectivity index (χ2v) is 5.93. The Kier molecular flexibility index (Phi) is 6.29. The Morgan fingerprint density at radius 2 is 2.05 bits per heavy atom. The monoisotopic (exact) mass is 263 g/mol. The Labute approximate surface area is 118 Å². The summed E-state index contributed by atoms with van der Waals surface area (Å²) in [5.41, 5.74) is 5.10. The van der Waals surface area contributed by atoms with Gasteiger partial charge in [-0.2, -0.15) is 5.10 Å². The third-order valence-electron chi connectivity index (χ3n) is 3.39. The number of rotatable bonds is 8. The van der Waals surface area contributed by atoms with Crippen LogP contribution in [0, 0.1) is 19.8 Å². The molecule has 3 heteroatoms. The van der Waals surface area contributed by atoms with Crippen molar-refractivity contribution in [3.63, 3.8) is 0 Å². The molecule has 0 unspecified atom stereocenters. The van der Waals surface area contributed by atoms with Crippen LogP contribution in [-0.2, 0) is 13.0 Å². The quantitative estimate of drug-likeness (QED) is 0.576. The highest BCUT2D eigenvalue weighted by Crippen LogP contribution is 2.14. The highest BCUT2D eigenvalue weighted by Gasteiger charge is 2.10. The van der Waals surface area contributed by atoms with Crippen LogP contribution in [0.2, 0.25) is 0 Å². The summed E-state index contributed by atoms with van der Waals surface area (Å²) in [6.07, 6.45) is 2.07. The Morgan fingerprint density at radius 3 is 2.63 bits per heavy atom. The van der Waals surface area contributed by atoms with Gasteiger partial charge in [-0.25, -0.2) is 0 Å². The van der Waals surface area contributed by atoms with Gasteiger partial charge >= 0.3 is 0 Å². The van der Waals surface area contributed by atoms with Gasteiger partial charge in [-0.1, -0.05) is 19.4 Å². The lowest BCUT2D eigenvalue weighted by Crippen LogP contribution is -2.22. The number of aromatic nitrogens is 2. The van der Waals surface area contributed by atoms with Gasteiger partial charge in [0.05, 0.1) is 5.69 Å². The molecule has 108 valence electrons. The maximum atomic E-state index is 4.64. The molecule has 1 aromatic rings. The van der Waals surface area contributed by atoms with Crippen molar-refractivity contribution in [2.24, 2.45) is 5.92 Å². The summed E-state index contributed by atoms with van der Waals surface area (Å²) in [6, 6.07) is 0. The van der Waals surface area contributed by atoms with Crippen LogP contribution in [0.25, 0.3) is 0 Å². The molecule has 0 bridgehead atoms. The fraction of sp³-hybridized carbons (Fsp3) is 0.688. The van der Waals surface area contributed by atoms with Gasteiger partial charge in [0.1, 0.15) is 0 Å². The van der Waals surface area contributed by atoms with Crippen LogP contribution in [0.1, 0.15) is 44.1 Å². The maximum Gasteiger partial charge on any atom is 0.0628 e. The summed E-state index contributed by atoms with van der Waals surface area (Å²) in [5, 5.41) is 8.14. The highest BCUT2D eigenvalue weighted by atomic mass is 15.3. The van der Waals surface area contributed by atoms with Crippen LogP contribution in [0.5, 0.6) is 0 Å². The van der Waals surface area contributed by atoms with Crippen LogP contribution in [0.3, 0.4) is 0 Å². The number of nitrogens with one attached hydrogen (secondary N) is 1. The smallest absolute Gasteiger partial charge is 0.0628 e. The van der Waals surface area contributed by atoms with E-state index in [4.69, 9.17) is 0 Å². The zero-order chi connectivity index (χ0) is 14.4. The second kappa shape index (κ2) is 7.49. The third kappa shape index (κ3) is 5.19. The first-order valence-corrected chi connectivity index (χ1v) is 7.29. The first-order chi connectivity index (χ1) is 8.91. The van der Waals surface area contributed by atoms with E-state index in [0.29, 0.717) is 5.92 Å². The third-order valence-corrected chi connectivity index (χ3v) is 3.39. The van der Waals surface area contributed by atoms with Gasteiger partial charge in [-0.05, 0) is 58.2 Å². The predicted molar refractivity (Wildman–Crippen MR) is 82.5 cm³/mol. The molecule has 0 aliphatic carbocycles. The lowest BCUT2D eigenvalue weighted by Gasteiger charge is -2.08.